The van der Waals surface area contributed by atoms with Crippen LogP contribution in [0.25, 0.3) is 0 Å². The molecule has 0 bridgehead atoms. The summed E-state index contributed by atoms with van der Waals surface area (Å²) in [5.41, 5.74) is 1.55. The second-order valence-electron chi connectivity index (χ2n) is 6.21. The normalized spacial score (nSPS) is 11.9. The molecule has 1 amide bonds. The van der Waals surface area contributed by atoms with Crippen molar-refractivity contribution in [3.63, 3.8) is 0 Å². The maximum atomic E-state index is 12.3. The summed E-state index contributed by atoms with van der Waals surface area (Å²) in [4.78, 5) is 23.7. The first-order chi connectivity index (χ1) is 11.9. The lowest BCUT2D eigenvalue weighted by atomic mass is 9.96. The van der Waals surface area contributed by atoms with E-state index in [1.165, 1.54) is 6.92 Å². The van der Waals surface area contributed by atoms with Gasteiger partial charge >= 0.3 is 0 Å². The summed E-state index contributed by atoms with van der Waals surface area (Å²) in [6.45, 7) is 5.46. The van der Waals surface area contributed by atoms with Gasteiger partial charge in [0.2, 0.25) is 0 Å². The van der Waals surface area contributed by atoms with Crippen LogP contribution in [0.15, 0.2) is 48.5 Å². The minimum absolute atomic E-state index is 0.0440. The number of Topliss-reactive ketones (excluding diaryl/α,β-unsaturated/α-hetero) is 1. The van der Waals surface area contributed by atoms with E-state index in [9.17, 15) is 9.59 Å². The highest BCUT2D eigenvalue weighted by atomic mass is 35.5. The van der Waals surface area contributed by atoms with Gasteiger partial charge in [-0.3, -0.25) is 9.59 Å². The third-order valence-electron chi connectivity index (χ3n) is 3.82. The van der Waals surface area contributed by atoms with Crippen molar-refractivity contribution in [2.24, 2.45) is 5.92 Å². The Morgan fingerprint density at radius 3 is 2.40 bits per heavy atom. The molecule has 0 saturated carbocycles. The summed E-state index contributed by atoms with van der Waals surface area (Å²) in [6, 6.07) is 14.1. The number of rotatable bonds is 7. The first-order valence-electron chi connectivity index (χ1n) is 8.15. The molecule has 0 unspecified atom stereocenters. The average molecular weight is 360 g/mol. The van der Waals surface area contributed by atoms with E-state index in [0.717, 1.165) is 5.56 Å². The molecule has 4 nitrogen and oxygen atoms in total. The lowest BCUT2D eigenvalue weighted by Crippen LogP contribution is -2.35. The predicted octanol–water partition coefficient (Wildman–Crippen LogP) is 4.43. The molecule has 0 heterocycles. The number of nitrogens with one attached hydrogen (secondary N) is 1. The van der Waals surface area contributed by atoms with Gasteiger partial charge in [0, 0.05) is 10.6 Å². The summed E-state index contributed by atoms with van der Waals surface area (Å²) < 4.78 is 5.51. The molecule has 0 spiro atoms. The molecule has 2 aromatic carbocycles. The van der Waals surface area contributed by atoms with Gasteiger partial charge in [0.05, 0.1) is 6.04 Å². The molecule has 0 aromatic heterocycles. The molecule has 0 fully saturated rings. The first kappa shape index (κ1) is 19.0. The Morgan fingerprint density at radius 2 is 1.80 bits per heavy atom. The SMILES string of the molecule is CC(=O)c1cccc(OCC(=O)N[C@@H](c2ccc(Cl)cc2)C(C)C)c1. The third kappa shape index (κ3) is 5.61. The molecular formula is C20H22ClNO3. The monoisotopic (exact) mass is 359 g/mol. The van der Waals surface area contributed by atoms with Gasteiger partial charge in [-0.25, -0.2) is 0 Å². The number of ether oxygens (including phenoxy) is 1. The van der Waals surface area contributed by atoms with Gasteiger partial charge < -0.3 is 10.1 Å². The zero-order chi connectivity index (χ0) is 18.4. The van der Waals surface area contributed by atoms with Crippen molar-refractivity contribution in [1.82, 2.24) is 5.32 Å². The first-order valence-corrected chi connectivity index (χ1v) is 8.53. The summed E-state index contributed by atoms with van der Waals surface area (Å²) in [5, 5.41) is 3.64. The summed E-state index contributed by atoms with van der Waals surface area (Å²) in [5.74, 6) is 0.445. The highest BCUT2D eigenvalue weighted by molar-refractivity contribution is 6.30. The molecule has 0 aliphatic rings. The molecule has 2 aromatic rings. The number of hydrogen-bond acceptors (Lipinski definition) is 3. The molecule has 5 heteroatoms. The largest absolute Gasteiger partial charge is 0.484 e. The zero-order valence-electron chi connectivity index (χ0n) is 14.6. The quantitative estimate of drug-likeness (QED) is 0.744. The van der Waals surface area contributed by atoms with E-state index in [2.05, 4.69) is 5.32 Å². The van der Waals surface area contributed by atoms with Crippen LogP contribution in [0.3, 0.4) is 0 Å². The fourth-order valence-corrected chi connectivity index (χ4v) is 2.60. The van der Waals surface area contributed by atoms with Gasteiger partial charge in [0.15, 0.2) is 12.4 Å². The Labute approximate surface area is 153 Å². The molecule has 1 atom stereocenters. The van der Waals surface area contributed by atoms with E-state index in [0.29, 0.717) is 16.3 Å². The second kappa shape index (κ2) is 8.67. The third-order valence-corrected chi connectivity index (χ3v) is 4.07. The van der Waals surface area contributed by atoms with Gasteiger partial charge in [-0.05, 0) is 42.7 Å². The van der Waals surface area contributed by atoms with Gasteiger partial charge in [-0.1, -0.05) is 49.7 Å². The second-order valence-corrected chi connectivity index (χ2v) is 6.65. The Balaban J connectivity index is 1.98. The topological polar surface area (TPSA) is 55.4 Å². The number of halogens is 1. The van der Waals surface area contributed by atoms with E-state index < -0.39 is 0 Å². The van der Waals surface area contributed by atoms with Crippen molar-refractivity contribution in [2.45, 2.75) is 26.8 Å². The summed E-state index contributed by atoms with van der Waals surface area (Å²) >= 11 is 5.92. The van der Waals surface area contributed by atoms with E-state index in [1.807, 2.05) is 38.1 Å². The van der Waals surface area contributed by atoms with Crippen molar-refractivity contribution in [2.75, 3.05) is 6.61 Å². The highest BCUT2D eigenvalue weighted by Gasteiger charge is 2.18. The van der Waals surface area contributed by atoms with Gasteiger partial charge in [-0.2, -0.15) is 0 Å². The van der Waals surface area contributed by atoms with Crippen LogP contribution in [0.5, 0.6) is 5.75 Å². The highest BCUT2D eigenvalue weighted by Crippen LogP contribution is 2.23. The Bertz CT molecular complexity index is 741. The average Bonchev–Trinajstić information content (AvgIpc) is 2.59. The number of ketones is 1. The van der Waals surface area contributed by atoms with E-state index in [1.54, 1.807) is 24.3 Å². The van der Waals surface area contributed by atoms with Crippen LogP contribution in [0.1, 0.15) is 42.7 Å². The van der Waals surface area contributed by atoms with Crippen LogP contribution in [0.4, 0.5) is 0 Å². The van der Waals surface area contributed by atoms with E-state index in [-0.39, 0.29) is 30.3 Å². The molecule has 1 N–H and O–H groups in total. The number of benzene rings is 2. The molecule has 0 aliphatic carbocycles. The summed E-state index contributed by atoms with van der Waals surface area (Å²) in [7, 11) is 0. The van der Waals surface area contributed by atoms with Crippen LogP contribution in [0, 0.1) is 5.92 Å². The van der Waals surface area contributed by atoms with Crippen molar-refractivity contribution < 1.29 is 14.3 Å². The molecule has 25 heavy (non-hydrogen) atoms. The van der Waals surface area contributed by atoms with Crippen LogP contribution < -0.4 is 10.1 Å². The van der Waals surface area contributed by atoms with Crippen LogP contribution >= 0.6 is 11.6 Å². The molecule has 132 valence electrons. The Kier molecular flexibility index (Phi) is 6.59. The van der Waals surface area contributed by atoms with Gasteiger partial charge in [0.25, 0.3) is 5.91 Å². The minimum atomic E-state index is -0.220. The number of carbonyl (C=O) groups is 2. The summed E-state index contributed by atoms with van der Waals surface area (Å²) in [6.07, 6.45) is 0. The molecule has 0 radical (unpaired) electrons. The van der Waals surface area contributed by atoms with Gasteiger partial charge in [-0.15, -0.1) is 0 Å². The minimum Gasteiger partial charge on any atom is -0.484 e. The van der Waals surface area contributed by atoms with Crippen LogP contribution in [-0.4, -0.2) is 18.3 Å². The van der Waals surface area contributed by atoms with E-state index >= 15 is 0 Å². The predicted molar refractivity (Wildman–Crippen MR) is 99.1 cm³/mol. The fraction of sp³-hybridized carbons (Fsp3) is 0.300. The van der Waals surface area contributed by atoms with Crippen molar-refractivity contribution in [3.8, 4) is 5.75 Å². The fourth-order valence-electron chi connectivity index (χ4n) is 2.47. The lowest BCUT2D eigenvalue weighted by molar-refractivity contribution is -0.124. The smallest absolute Gasteiger partial charge is 0.258 e. The van der Waals surface area contributed by atoms with Crippen LogP contribution in [0.2, 0.25) is 5.02 Å². The lowest BCUT2D eigenvalue weighted by Gasteiger charge is -2.23. The number of hydrogen-bond donors (Lipinski definition) is 1. The molecular weight excluding hydrogens is 338 g/mol. The van der Waals surface area contributed by atoms with Crippen LogP contribution in [-0.2, 0) is 4.79 Å². The van der Waals surface area contributed by atoms with Gasteiger partial charge in [0.1, 0.15) is 5.75 Å². The van der Waals surface area contributed by atoms with Crippen molar-refractivity contribution in [3.05, 3.63) is 64.7 Å². The van der Waals surface area contributed by atoms with Crippen molar-refractivity contribution in [1.29, 1.82) is 0 Å². The zero-order valence-corrected chi connectivity index (χ0v) is 15.3. The van der Waals surface area contributed by atoms with Crippen molar-refractivity contribution >= 4 is 23.3 Å². The Morgan fingerprint density at radius 1 is 1.12 bits per heavy atom. The number of amides is 1. The standard InChI is InChI=1S/C20H22ClNO3/c1-13(2)20(15-7-9-17(21)10-8-15)22-19(24)12-25-18-6-4-5-16(11-18)14(3)23/h4-11,13,20H,12H2,1-3H3,(H,22,24)/t20-/m1/s1. The maximum Gasteiger partial charge on any atom is 0.258 e. The molecule has 0 saturated heterocycles. The molecule has 2 rings (SSSR count). The van der Waals surface area contributed by atoms with E-state index in [4.69, 9.17) is 16.3 Å². The molecule has 0 aliphatic heterocycles. The maximum absolute atomic E-state index is 12.3. The number of carbonyl (C=O) groups excluding carboxylic acids is 2. The Hall–Kier alpha value is -2.33.